The highest BCUT2D eigenvalue weighted by Gasteiger charge is 2.23. The largest absolute Gasteiger partial charge is 0.481 e. The van der Waals surface area contributed by atoms with Gasteiger partial charge in [0, 0.05) is 12.6 Å². The first-order valence-electron chi connectivity index (χ1n) is 6.64. The molecule has 1 atom stereocenters. The molecular formula is C14H20N2O2. The van der Waals surface area contributed by atoms with Crippen LogP contribution in [0.1, 0.15) is 43.8 Å². The summed E-state index contributed by atoms with van der Waals surface area (Å²) in [4.78, 5) is 17.6. The molecular weight excluding hydrogens is 228 g/mol. The summed E-state index contributed by atoms with van der Waals surface area (Å²) in [6.07, 6.45) is 6.33. The van der Waals surface area contributed by atoms with Gasteiger partial charge in [-0.05, 0) is 44.5 Å². The van der Waals surface area contributed by atoms with Gasteiger partial charge in [-0.2, -0.15) is 0 Å². The molecule has 4 nitrogen and oxygen atoms in total. The molecule has 0 amide bonds. The number of carbonyl (C=O) groups is 1. The topological polar surface area (TPSA) is 53.4 Å². The Balaban J connectivity index is 2.08. The van der Waals surface area contributed by atoms with Crippen LogP contribution in [0.15, 0.2) is 24.4 Å². The quantitative estimate of drug-likeness (QED) is 0.869. The van der Waals surface area contributed by atoms with E-state index in [1.807, 2.05) is 18.2 Å². The van der Waals surface area contributed by atoms with Crippen LogP contribution < -0.4 is 0 Å². The molecule has 1 aromatic heterocycles. The van der Waals surface area contributed by atoms with Crippen LogP contribution in [-0.4, -0.2) is 34.0 Å². The van der Waals surface area contributed by atoms with Crippen molar-refractivity contribution in [2.24, 2.45) is 0 Å². The Kier molecular flexibility index (Phi) is 4.70. The molecule has 1 aliphatic rings. The van der Waals surface area contributed by atoms with Crippen LogP contribution in [0.2, 0.25) is 0 Å². The van der Waals surface area contributed by atoms with Crippen molar-refractivity contribution in [3.63, 3.8) is 0 Å². The van der Waals surface area contributed by atoms with Crippen molar-refractivity contribution in [3.05, 3.63) is 30.1 Å². The first-order valence-corrected chi connectivity index (χ1v) is 6.64. The van der Waals surface area contributed by atoms with Gasteiger partial charge in [0.15, 0.2) is 0 Å². The second-order valence-corrected chi connectivity index (χ2v) is 4.80. The molecule has 98 valence electrons. The van der Waals surface area contributed by atoms with Crippen LogP contribution in [0.4, 0.5) is 0 Å². The summed E-state index contributed by atoms with van der Waals surface area (Å²) in [6, 6.07) is 6.03. The van der Waals surface area contributed by atoms with Gasteiger partial charge >= 0.3 is 5.97 Å². The highest BCUT2D eigenvalue weighted by molar-refractivity contribution is 5.66. The summed E-state index contributed by atoms with van der Waals surface area (Å²) in [6.45, 7) is 2.11. The van der Waals surface area contributed by atoms with Crippen molar-refractivity contribution in [1.82, 2.24) is 9.88 Å². The highest BCUT2D eigenvalue weighted by atomic mass is 16.4. The first kappa shape index (κ1) is 13.0. The molecule has 1 aromatic rings. The van der Waals surface area contributed by atoms with Gasteiger partial charge in [-0.25, -0.2) is 0 Å². The van der Waals surface area contributed by atoms with Gasteiger partial charge in [-0.15, -0.1) is 0 Å². The molecule has 0 radical (unpaired) electrons. The Labute approximate surface area is 108 Å². The zero-order valence-corrected chi connectivity index (χ0v) is 10.6. The van der Waals surface area contributed by atoms with Gasteiger partial charge in [0.05, 0.1) is 11.7 Å². The van der Waals surface area contributed by atoms with E-state index in [9.17, 15) is 4.79 Å². The first-order chi connectivity index (χ1) is 8.77. The number of aromatic nitrogens is 1. The lowest BCUT2D eigenvalue weighted by Gasteiger charge is -2.34. The minimum Gasteiger partial charge on any atom is -0.481 e. The zero-order chi connectivity index (χ0) is 12.8. The van der Waals surface area contributed by atoms with Crippen LogP contribution in [0.25, 0.3) is 0 Å². The average Bonchev–Trinajstić information content (AvgIpc) is 2.41. The minimum absolute atomic E-state index is 0.155. The fraction of sp³-hybridized carbons (Fsp3) is 0.571. The lowest BCUT2D eigenvalue weighted by Crippen LogP contribution is -2.34. The number of piperidine rings is 1. The highest BCUT2D eigenvalue weighted by Crippen LogP contribution is 2.27. The average molecular weight is 248 g/mol. The predicted octanol–water partition coefficient (Wildman–Crippen LogP) is 2.47. The zero-order valence-electron chi connectivity index (χ0n) is 10.6. The molecule has 1 unspecified atom stereocenters. The van der Waals surface area contributed by atoms with Crippen molar-refractivity contribution in [1.29, 1.82) is 0 Å². The van der Waals surface area contributed by atoms with Gasteiger partial charge in [-0.1, -0.05) is 12.5 Å². The van der Waals surface area contributed by atoms with Crippen molar-refractivity contribution in [2.75, 3.05) is 13.1 Å². The third-order valence-corrected chi connectivity index (χ3v) is 3.49. The lowest BCUT2D eigenvalue weighted by atomic mass is 10.0. The SMILES string of the molecule is O=C(O)CCC(c1ccccn1)N1CCCCC1. The van der Waals surface area contributed by atoms with Crippen LogP contribution in [0, 0.1) is 0 Å². The molecule has 0 saturated carbocycles. The van der Waals surface area contributed by atoms with Gasteiger partial charge in [-0.3, -0.25) is 14.7 Å². The molecule has 1 saturated heterocycles. The van der Waals surface area contributed by atoms with E-state index >= 15 is 0 Å². The van der Waals surface area contributed by atoms with E-state index < -0.39 is 5.97 Å². The van der Waals surface area contributed by atoms with E-state index in [4.69, 9.17) is 5.11 Å². The molecule has 1 fully saturated rings. The van der Waals surface area contributed by atoms with Crippen LogP contribution in [0.5, 0.6) is 0 Å². The van der Waals surface area contributed by atoms with Gasteiger partial charge in [0.25, 0.3) is 0 Å². The monoisotopic (exact) mass is 248 g/mol. The third-order valence-electron chi connectivity index (χ3n) is 3.49. The van der Waals surface area contributed by atoms with Crippen molar-refractivity contribution in [3.8, 4) is 0 Å². The number of carboxylic acid groups (broad SMARTS) is 1. The summed E-state index contributed by atoms with van der Waals surface area (Å²) in [5.74, 6) is -0.729. The minimum atomic E-state index is -0.729. The normalized spacial score (nSPS) is 18.4. The lowest BCUT2D eigenvalue weighted by molar-refractivity contribution is -0.137. The molecule has 2 rings (SSSR count). The second kappa shape index (κ2) is 6.50. The van der Waals surface area contributed by atoms with Crippen molar-refractivity contribution < 1.29 is 9.90 Å². The van der Waals surface area contributed by atoms with Crippen molar-refractivity contribution in [2.45, 2.75) is 38.1 Å². The summed E-state index contributed by atoms with van der Waals surface area (Å²) in [5.41, 5.74) is 1.00. The number of nitrogens with zero attached hydrogens (tertiary/aromatic N) is 2. The van der Waals surface area contributed by atoms with E-state index in [2.05, 4.69) is 9.88 Å². The van der Waals surface area contributed by atoms with Gasteiger partial charge < -0.3 is 5.11 Å². The van der Waals surface area contributed by atoms with E-state index in [1.165, 1.54) is 19.3 Å². The maximum atomic E-state index is 10.8. The molecule has 1 N–H and O–H groups in total. The van der Waals surface area contributed by atoms with Crippen LogP contribution in [0.3, 0.4) is 0 Å². The number of hydrogen-bond donors (Lipinski definition) is 1. The molecule has 18 heavy (non-hydrogen) atoms. The molecule has 0 bridgehead atoms. The number of aliphatic carboxylic acids is 1. The predicted molar refractivity (Wildman–Crippen MR) is 69.3 cm³/mol. The third kappa shape index (κ3) is 3.53. The van der Waals surface area contributed by atoms with E-state index in [-0.39, 0.29) is 12.5 Å². The Bertz CT molecular complexity index is 375. The molecule has 4 heteroatoms. The number of carboxylic acids is 1. The number of pyridine rings is 1. The van der Waals surface area contributed by atoms with Crippen LogP contribution >= 0.6 is 0 Å². The fourth-order valence-corrected chi connectivity index (χ4v) is 2.58. The fourth-order valence-electron chi connectivity index (χ4n) is 2.58. The smallest absolute Gasteiger partial charge is 0.303 e. The Morgan fingerprint density at radius 1 is 1.33 bits per heavy atom. The van der Waals surface area contributed by atoms with E-state index in [0.717, 1.165) is 18.8 Å². The maximum absolute atomic E-state index is 10.8. The molecule has 1 aliphatic heterocycles. The number of likely N-dealkylation sites (tertiary alicyclic amines) is 1. The Hall–Kier alpha value is -1.42. The van der Waals surface area contributed by atoms with E-state index in [0.29, 0.717) is 6.42 Å². The Morgan fingerprint density at radius 3 is 2.72 bits per heavy atom. The van der Waals surface area contributed by atoms with Gasteiger partial charge in [0.1, 0.15) is 0 Å². The standard InChI is InChI=1S/C14H20N2O2/c17-14(18)8-7-13(12-6-2-3-9-15-12)16-10-4-1-5-11-16/h2-3,6,9,13H,1,4-5,7-8,10-11H2,(H,17,18). The maximum Gasteiger partial charge on any atom is 0.303 e. The number of hydrogen-bond acceptors (Lipinski definition) is 3. The molecule has 0 aromatic carbocycles. The second-order valence-electron chi connectivity index (χ2n) is 4.80. The van der Waals surface area contributed by atoms with Crippen LogP contribution in [-0.2, 0) is 4.79 Å². The van der Waals surface area contributed by atoms with E-state index in [1.54, 1.807) is 6.20 Å². The number of rotatable bonds is 5. The molecule has 2 heterocycles. The summed E-state index contributed by atoms with van der Waals surface area (Å²) in [5, 5.41) is 8.87. The molecule has 0 spiro atoms. The summed E-state index contributed by atoms with van der Waals surface area (Å²) in [7, 11) is 0. The van der Waals surface area contributed by atoms with Gasteiger partial charge in [0.2, 0.25) is 0 Å². The Morgan fingerprint density at radius 2 is 2.11 bits per heavy atom. The van der Waals surface area contributed by atoms with Crippen molar-refractivity contribution >= 4 is 5.97 Å². The molecule has 0 aliphatic carbocycles. The summed E-state index contributed by atoms with van der Waals surface area (Å²) < 4.78 is 0. The summed E-state index contributed by atoms with van der Waals surface area (Å²) >= 11 is 0.